The van der Waals surface area contributed by atoms with Gasteiger partial charge in [0, 0.05) is 19.3 Å². The fraction of sp³-hybridized carbons (Fsp3) is 0.615. The van der Waals surface area contributed by atoms with Crippen LogP contribution >= 0.6 is 12.2 Å². The van der Waals surface area contributed by atoms with Gasteiger partial charge in [-0.3, -0.25) is 9.36 Å². The second kappa shape index (κ2) is 6.10. The van der Waals surface area contributed by atoms with Crippen molar-refractivity contribution in [3.05, 3.63) is 18.7 Å². The molecule has 0 radical (unpaired) electrons. The SMILES string of the molecule is CC(=O)OC[C@H]1O[C@H]2O[C@@H]([C@@H]1COC(=S)n1ccnc1)C2(F)F. The summed E-state index contributed by atoms with van der Waals surface area (Å²) in [7, 11) is 0. The van der Waals surface area contributed by atoms with Crippen LogP contribution in [0.3, 0.4) is 0 Å². The smallest absolute Gasteiger partial charge is 0.323 e. The molecule has 3 fully saturated rings. The molecule has 0 aromatic carbocycles. The molecule has 3 saturated heterocycles. The molecule has 0 amide bonds. The molecular formula is C13H14F2N2O5S. The van der Waals surface area contributed by atoms with E-state index >= 15 is 0 Å². The van der Waals surface area contributed by atoms with Crippen LogP contribution in [-0.4, -0.2) is 58.3 Å². The van der Waals surface area contributed by atoms with Crippen LogP contribution in [0.5, 0.6) is 0 Å². The topological polar surface area (TPSA) is 71.8 Å². The fourth-order valence-electron chi connectivity index (χ4n) is 2.51. The molecule has 7 nitrogen and oxygen atoms in total. The molecule has 10 heteroatoms. The summed E-state index contributed by atoms with van der Waals surface area (Å²) < 4.78 is 49.4. The monoisotopic (exact) mass is 348 g/mol. The summed E-state index contributed by atoms with van der Waals surface area (Å²) in [6, 6.07) is 0. The van der Waals surface area contributed by atoms with Crippen molar-refractivity contribution in [1.29, 1.82) is 0 Å². The standard InChI is InChI=1S/C13H14F2N2O5S/c1-7(18)19-5-9-8(10-13(14,15)11(21-9)22-10)4-20-12(23)17-3-2-16-6-17/h2-3,6,8-11H,4-5H2,1H3/t8-,9-,10+,11+/m1/s1. The zero-order valence-electron chi connectivity index (χ0n) is 12.1. The van der Waals surface area contributed by atoms with Gasteiger partial charge in [-0.15, -0.1) is 0 Å². The summed E-state index contributed by atoms with van der Waals surface area (Å²) in [4.78, 5) is 14.7. The third-order valence-corrected chi connectivity index (χ3v) is 4.02. The van der Waals surface area contributed by atoms with Crippen LogP contribution in [0, 0.1) is 5.92 Å². The van der Waals surface area contributed by atoms with Gasteiger partial charge >= 0.3 is 11.9 Å². The average Bonchev–Trinajstić information content (AvgIpc) is 3.04. The maximum Gasteiger partial charge on any atom is 0.323 e. The van der Waals surface area contributed by atoms with Gasteiger partial charge in [0.1, 0.15) is 25.1 Å². The lowest BCUT2D eigenvalue weighted by atomic mass is 9.85. The summed E-state index contributed by atoms with van der Waals surface area (Å²) in [6.45, 7) is 0.928. The molecule has 2 bridgehead atoms. The molecule has 4 atom stereocenters. The summed E-state index contributed by atoms with van der Waals surface area (Å²) in [6.07, 6.45) is 0.808. The number of fused-ring (bicyclic) bond motifs is 2. The molecule has 23 heavy (non-hydrogen) atoms. The van der Waals surface area contributed by atoms with E-state index < -0.39 is 36.3 Å². The lowest BCUT2D eigenvalue weighted by molar-refractivity contribution is -0.460. The first kappa shape index (κ1) is 16.2. The van der Waals surface area contributed by atoms with E-state index in [0.717, 1.165) is 0 Å². The maximum absolute atomic E-state index is 13.8. The van der Waals surface area contributed by atoms with Gasteiger partial charge in [-0.1, -0.05) is 0 Å². The highest BCUT2D eigenvalue weighted by Crippen LogP contribution is 2.49. The molecule has 3 aliphatic rings. The van der Waals surface area contributed by atoms with Crippen LogP contribution in [0.4, 0.5) is 8.78 Å². The number of imidazole rings is 1. The van der Waals surface area contributed by atoms with Gasteiger partial charge in [-0.05, 0) is 12.2 Å². The van der Waals surface area contributed by atoms with Gasteiger partial charge in [0.25, 0.3) is 5.17 Å². The van der Waals surface area contributed by atoms with Crippen molar-refractivity contribution in [3.63, 3.8) is 0 Å². The van der Waals surface area contributed by atoms with E-state index in [2.05, 4.69) is 4.98 Å². The average molecular weight is 348 g/mol. The third kappa shape index (κ3) is 3.06. The van der Waals surface area contributed by atoms with Crippen LogP contribution in [0.25, 0.3) is 0 Å². The van der Waals surface area contributed by atoms with Gasteiger partial charge in [-0.25, -0.2) is 4.98 Å². The fourth-order valence-corrected chi connectivity index (χ4v) is 2.68. The van der Waals surface area contributed by atoms with Crippen LogP contribution in [0.15, 0.2) is 18.7 Å². The van der Waals surface area contributed by atoms with Crippen LogP contribution in [0.1, 0.15) is 6.92 Å². The number of rotatable bonds is 4. The van der Waals surface area contributed by atoms with Crippen molar-refractivity contribution in [1.82, 2.24) is 9.55 Å². The summed E-state index contributed by atoms with van der Waals surface area (Å²) >= 11 is 5.04. The van der Waals surface area contributed by atoms with Crippen molar-refractivity contribution in [2.24, 2.45) is 5.92 Å². The van der Waals surface area contributed by atoms with Crippen LogP contribution in [-0.2, 0) is 23.7 Å². The van der Waals surface area contributed by atoms with Gasteiger partial charge in [0.15, 0.2) is 0 Å². The first-order valence-corrected chi connectivity index (χ1v) is 7.27. The van der Waals surface area contributed by atoms with E-state index in [0.29, 0.717) is 0 Å². The number of aromatic nitrogens is 2. The summed E-state index contributed by atoms with van der Waals surface area (Å²) in [5, 5.41) is 0.0681. The van der Waals surface area contributed by atoms with Crippen LogP contribution < -0.4 is 0 Å². The van der Waals surface area contributed by atoms with Gasteiger partial charge < -0.3 is 18.9 Å². The molecule has 3 aliphatic heterocycles. The Morgan fingerprint density at radius 1 is 1.39 bits per heavy atom. The Kier molecular flexibility index (Phi) is 4.30. The Balaban J connectivity index is 1.64. The maximum atomic E-state index is 13.8. The van der Waals surface area contributed by atoms with Gasteiger partial charge in [0.2, 0.25) is 6.29 Å². The molecule has 1 aromatic rings. The van der Waals surface area contributed by atoms with Crippen molar-refractivity contribution < 1.29 is 32.5 Å². The van der Waals surface area contributed by atoms with Gasteiger partial charge in [-0.2, -0.15) is 8.78 Å². The Labute approximate surface area is 135 Å². The Morgan fingerprint density at radius 2 is 2.17 bits per heavy atom. The number of esters is 1. The minimum atomic E-state index is -3.10. The number of thiocarbonyl (C=S) groups is 1. The number of carbonyl (C=O) groups excluding carboxylic acids is 1. The summed E-state index contributed by atoms with van der Waals surface area (Å²) in [5.74, 6) is -4.44. The molecule has 0 aliphatic carbocycles. The molecule has 0 spiro atoms. The number of alkyl halides is 2. The molecular weight excluding hydrogens is 334 g/mol. The molecule has 0 N–H and O–H groups in total. The van der Waals surface area contributed by atoms with Gasteiger partial charge in [0.05, 0.1) is 12.5 Å². The van der Waals surface area contributed by atoms with Crippen molar-refractivity contribution >= 4 is 23.4 Å². The van der Waals surface area contributed by atoms with Crippen molar-refractivity contribution in [2.45, 2.75) is 31.3 Å². The van der Waals surface area contributed by atoms with Crippen molar-refractivity contribution in [2.75, 3.05) is 13.2 Å². The number of ether oxygens (including phenoxy) is 4. The zero-order chi connectivity index (χ0) is 16.6. The van der Waals surface area contributed by atoms with Crippen LogP contribution in [0.2, 0.25) is 0 Å². The molecule has 0 saturated carbocycles. The lowest BCUT2D eigenvalue weighted by Crippen LogP contribution is -2.72. The molecule has 4 heterocycles. The highest BCUT2D eigenvalue weighted by Gasteiger charge is 2.69. The Hall–Kier alpha value is -1.65. The highest BCUT2D eigenvalue weighted by atomic mass is 32.1. The van der Waals surface area contributed by atoms with E-state index in [1.807, 2.05) is 0 Å². The van der Waals surface area contributed by atoms with E-state index in [4.69, 9.17) is 31.2 Å². The lowest BCUT2D eigenvalue weighted by Gasteiger charge is -2.54. The Morgan fingerprint density at radius 3 is 2.78 bits per heavy atom. The Bertz CT molecular complexity index is 597. The van der Waals surface area contributed by atoms with E-state index in [-0.39, 0.29) is 18.4 Å². The minimum Gasteiger partial charge on any atom is -0.470 e. The molecule has 4 rings (SSSR count). The largest absolute Gasteiger partial charge is 0.470 e. The zero-order valence-corrected chi connectivity index (χ0v) is 12.9. The predicted octanol–water partition coefficient (Wildman–Crippen LogP) is 0.971. The quantitative estimate of drug-likeness (QED) is 0.593. The van der Waals surface area contributed by atoms with E-state index in [1.54, 1.807) is 6.20 Å². The predicted molar refractivity (Wildman–Crippen MR) is 74.8 cm³/mol. The number of hydrogen-bond donors (Lipinski definition) is 0. The molecule has 1 aromatic heterocycles. The van der Waals surface area contributed by atoms with E-state index in [1.165, 1.54) is 24.0 Å². The second-order valence-electron chi connectivity index (χ2n) is 5.25. The summed E-state index contributed by atoms with van der Waals surface area (Å²) in [5.41, 5.74) is 0. The normalized spacial score (nSPS) is 31.1. The second-order valence-corrected chi connectivity index (χ2v) is 5.60. The molecule has 126 valence electrons. The number of hydrogen-bond acceptors (Lipinski definition) is 7. The minimum absolute atomic E-state index is 0.0681. The molecule has 0 unspecified atom stereocenters. The third-order valence-electron chi connectivity index (χ3n) is 3.69. The van der Waals surface area contributed by atoms with E-state index in [9.17, 15) is 13.6 Å². The first-order valence-electron chi connectivity index (χ1n) is 6.86. The number of halogens is 2. The number of carbonyl (C=O) groups is 1. The number of nitrogens with zero attached hydrogens (tertiary/aromatic N) is 2. The van der Waals surface area contributed by atoms with Crippen molar-refractivity contribution in [3.8, 4) is 0 Å². The first-order chi connectivity index (χ1) is 10.9. The highest BCUT2D eigenvalue weighted by molar-refractivity contribution is 7.80.